The van der Waals surface area contributed by atoms with Crippen LogP contribution >= 0.6 is 0 Å². The van der Waals surface area contributed by atoms with E-state index in [9.17, 15) is 14.7 Å². The van der Waals surface area contributed by atoms with E-state index < -0.39 is 23.5 Å². The number of carbonyl (C=O) groups is 2. The maximum Gasteiger partial charge on any atom is 0.410 e. The molecule has 4 aliphatic carbocycles. The molecular weight excluding hydrogens is 609 g/mol. The lowest BCUT2D eigenvalue weighted by atomic mass is 9.44. The smallest absolute Gasteiger partial charge is 0.410 e. The number of alkyl carbamates (subject to hydrolysis) is 1. The van der Waals surface area contributed by atoms with Crippen LogP contribution in [0, 0.1) is 46.3 Å². The molecule has 10 atom stereocenters. The second-order valence-corrected chi connectivity index (χ2v) is 18.5. The fraction of sp³-hybridized carbons (Fsp3) is 0.949. The van der Waals surface area contributed by atoms with Gasteiger partial charge in [0.25, 0.3) is 0 Å². The van der Waals surface area contributed by atoms with Gasteiger partial charge in [0.05, 0.1) is 0 Å². The van der Waals surface area contributed by atoms with Crippen molar-refractivity contribution in [3.8, 4) is 0 Å². The number of hydrogen-bond acceptors (Lipinski definition) is 6. The van der Waals surface area contributed by atoms with Crippen LogP contribution in [0.5, 0.6) is 0 Å². The zero-order chi connectivity index (χ0) is 35.5. The summed E-state index contributed by atoms with van der Waals surface area (Å²) in [7, 11) is 0. The molecule has 0 saturated heterocycles. The highest BCUT2D eigenvalue weighted by atomic mass is 19.1. The molecular formula is C39H70FN3O5. The van der Waals surface area contributed by atoms with Crippen molar-refractivity contribution in [3.05, 3.63) is 0 Å². The van der Waals surface area contributed by atoms with Gasteiger partial charge in [-0.05, 0) is 165 Å². The lowest BCUT2D eigenvalue weighted by molar-refractivity contribution is -0.149. The minimum Gasteiger partial charge on any atom is -0.444 e. The first kappa shape index (κ1) is 39.2. The Morgan fingerprint density at radius 2 is 1.52 bits per heavy atom. The lowest BCUT2D eigenvalue weighted by Gasteiger charge is -2.62. The van der Waals surface area contributed by atoms with E-state index in [1.807, 2.05) is 41.5 Å². The number of carbonyl (C=O) groups excluding carboxylic acids is 2. The van der Waals surface area contributed by atoms with E-state index in [0.717, 1.165) is 64.3 Å². The van der Waals surface area contributed by atoms with Gasteiger partial charge in [-0.2, -0.15) is 0 Å². The van der Waals surface area contributed by atoms with E-state index in [2.05, 4.69) is 31.4 Å². The van der Waals surface area contributed by atoms with Crippen LogP contribution in [0.1, 0.15) is 133 Å². The first-order chi connectivity index (χ1) is 22.4. The zero-order valence-electron chi connectivity index (χ0n) is 31.8. The minimum absolute atomic E-state index is 0.166. The highest BCUT2D eigenvalue weighted by Crippen LogP contribution is 2.68. The van der Waals surface area contributed by atoms with Gasteiger partial charge in [-0.25, -0.2) is 14.0 Å². The summed E-state index contributed by atoms with van der Waals surface area (Å²) >= 11 is 0. The standard InChI is InChI=1S/C39H70FN3O5/c1-26(25-44)29-13-14-30-33-31(16-18-39(29,30)9)38(8)17-15-28(23-27(38)24-32(33)40)41-20-12-22-43(35(46)48-37(5,6)7)21-11-10-19-42-34(45)47-36(2,3)4/h26-33,41,44H,10-25H2,1-9H3,(H,42,45)/t26-,27-,28+,29?,30?,31?,32+,33?,38+,39-/m1/s1. The Hall–Kier alpha value is -1.61. The average Bonchev–Trinajstić information content (AvgIpc) is 3.33. The Morgan fingerprint density at radius 3 is 2.19 bits per heavy atom. The molecule has 4 fully saturated rings. The van der Waals surface area contributed by atoms with Crippen molar-refractivity contribution in [1.29, 1.82) is 0 Å². The summed E-state index contributed by atoms with van der Waals surface area (Å²) in [5, 5.41) is 16.5. The SMILES string of the molecule is C[C@H](CO)C1CCC2C3C(CC[C@@]21C)[C@@]1(C)CC[C@H](NCCCN(CCCCNC(=O)OC(C)(C)C)C(=O)OC(C)(C)C)C[C@@H]1C[C@@H]3F. The number of ether oxygens (including phenoxy) is 2. The summed E-state index contributed by atoms with van der Waals surface area (Å²) in [5.74, 6) is 2.32. The molecule has 0 aliphatic heterocycles. The van der Waals surface area contributed by atoms with Crippen LogP contribution in [0.3, 0.4) is 0 Å². The maximum absolute atomic E-state index is 16.3. The van der Waals surface area contributed by atoms with Crippen LogP contribution in [0.4, 0.5) is 14.0 Å². The van der Waals surface area contributed by atoms with Crippen molar-refractivity contribution in [2.24, 2.45) is 46.3 Å². The molecule has 4 aliphatic rings. The van der Waals surface area contributed by atoms with Crippen molar-refractivity contribution in [1.82, 2.24) is 15.5 Å². The summed E-state index contributed by atoms with van der Waals surface area (Å²) in [5.41, 5.74) is -0.725. The Morgan fingerprint density at radius 1 is 0.875 bits per heavy atom. The van der Waals surface area contributed by atoms with Crippen LogP contribution in [-0.4, -0.2) is 78.4 Å². The molecule has 9 heteroatoms. The Kier molecular flexibility index (Phi) is 12.8. The summed E-state index contributed by atoms with van der Waals surface area (Å²) in [6, 6.07) is 0.385. The topological polar surface area (TPSA) is 100 Å². The quantitative estimate of drug-likeness (QED) is 0.180. The number of fused-ring (bicyclic) bond motifs is 5. The fourth-order valence-electron chi connectivity index (χ4n) is 10.6. The van der Waals surface area contributed by atoms with Crippen LogP contribution in [-0.2, 0) is 9.47 Å². The molecule has 8 nitrogen and oxygen atoms in total. The Labute approximate surface area is 291 Å². The summed E-state index contributed by atoms with van der Waals surface area (Å²) in [4.78, 5) is 26.8. The van der Waals surface area contributed by atoms with E-state index in [0.29, 0.717) is 61.7 Å². The molecule has 0 aromatic heterocycles. The summed E-state index contributed by atoms with van der Waals surface area (Å²) in [6.45, 7) is 21.0. The summed E-state index contributed by atoms with van der Waals surface area (Å²) < 4.78 is 27.3. The second kappa shape index (κ2) is 15.7. The molecule has 4 saturated carbocycles. The molecule has 4 unspecified atom stereocenters. The molecule has 278 valence electrons. The first-order valence-electron chi connectivity index (χ1n) is 19.3. The molecule has 48 heavy (non-hydrogen) atoms. The monoisotopic (exact) mass is 680 g/mol. The number of rotatable bonds is 12. The van der Waals surface area contributed by atoms with Crippen LogP contribution in [0.25, 0.3) is 0 Å². The van der Waals surface area contributed by atoms with Crippen molar-refractivity contribution >= 4 is 12.2 Å². The zero-order valence-corrected chi connectivity index (χ0v) is 31.8. The number of aliphatic hydroxyl groups is 1. The molecule has 0 aromatic rings. The van der Waals surface area contributed by atoms with Gasteiger partial charge in [-0.3, -0.25) is 0 Å². The number of amides is 2. The fourth-order valence-corrected chi connectivity index (χ4v) is 10.6. The number of hydrogen-bond donors (Lipinski definition) is 3. The number of nitrogens with one attached hydrogen (secondary N) is 2. The predicted molar refractivity (Wildman–Crippen MR) is 189 cm³/mol. The molecule has 0 heterocycles. The van der Waals surface area contributed by atoms with Gasteiger partial charge in [0.2, 0.25) is 0 Å². The Bertz CT molecular complexity index is 1080. The Balaban J connectivity index is 1.25. The molecule has 0 radical (unpaired) electrons. The van der Waals surface area contributed by atoms with Gasteiger partial charge in [-0.15, -0.1) is 0 Å². The third-order valence-electron chi connectivity index (χ3n) is 12.9. The molecule has 3 N–H and O–H groups in total. The number of alkyl halides is 1. The van der Waals surface area contributed by atoms with Crippen LogP contribution < -0.4 is 10.6 Å². The molecule has 2 amide bonds. The predicted octanol–water partition coefficient (Wildman–Crippen LogP) is 8.11. The second-order valence-electron chi connectivity index (χ2n) is 18.5. The highest BCUT2D eigenvalue weighted by molar-refractivity contribution is 5.68. The van der Waals surface area contributed by atoms with E-state index in [4.69, 9.17) is 9.47 Å². The van der Waals surface area contributed by atoms with Gasteiger partial charge in [0.15, 0.2) is 0 Å². The normalized spacial score (nSPS) is 35.5. The van der Waals surface area contributed by atoms with Crippen LogP contribution in [0.2, 0.25) is 0 Å². The number of aliphatic hydroxyl groups excluding tert-OH is 1. The van der Waals surface area contributed by atoms with Gasteiger partial charge < -0.3 is 30.1 Å². The van der Waals surface area contributed by atoms with Crippen molar-refractivity contribution in [3.63, 3.8) is 0 Å². The molecule has 0 bridgehead atoms. The summed E-state index contributed by atoms with van der Waals surface area (Å²) in [6.07, 6.45) is 9.45. The lowest BCUT2D eigenvalue weighted by Crippen LogP contribution is -2.58. The molecule has 4 rings (SSSR count). The van der Waals surface area contributed by atoms with Gasteiger partial charge in [0.1, 0.15) is 17.4 Å². The number of nitrogens with zero attached hydrogens (tertiary/aromatic N) is 1. The van der Waals surface area contributed by atoms with E-state index in [-0.39, 0.29) is 29.4 Å². The molecule has 0 aromatic carbocycles. The van der Waals surface area contributed by atoms with Crippen LogP contribution in [0.15, 0.2) is 0 Å². The van der Waals surface area contributed by atoms with Crippen molar-refractivity contribution in [2.45, 2.75) is 156 Å². The minimum atomic E-state index is -0.721. The third kappa shape index (κ3) is 9.38. The van der Waals surface area contributed by atoms with Gasteiger partial charge >= 0.3 is 12.2 Å². The van der Waals surface area contributed by atoms with E-state index in [1.165, 1.54) is 6.42 Å². The largest absolute Gasteiger partial charge is 0.444 e. The average molecular weight is 680 g/mol. The van der Waals surface area contributed by atoms with Gasteiger partial charge in [-0.1, -0.05) is 20.8 Å². The maximum atomic E-state index is 16.3. The number of unbranched alkanes of at least 4 members (excludes halogenated alkanes) is 1. The number of halogens is 1. The van der Waals surface area contributed by atoms with E-state index in [1.54, 1.807) is 4.90 Å². The van der Waals surface area contributed by atoms with Gasteiger partial charge in [0, 0.05) is 32.3 Å². The van der Waals surface area contributed by atoms with E-state index >= 15 is 4.39 Å². The third-order valence-corrected chi connectivity index (χ3v) is 12.9. The molecule has 0 spiro atoms. The highest BCUT2D eigenvalue weighted by Gasteiger charge is 2.63. The van der Waals surface area contributed by atoms with Crippen molar-refractivity contribution < 1.29 is 28.6 Å². The first-order valence-corrected chi connectivity index (χ1v) is 19.3. The van der Waals surface area contributed by atoms with Crippen molar-refractivity contribution in [2.75, 3.05) is 32.8 Å².